The van der Waals surface area contributed by atoms with Crippen LogP contribution in [0.3, 0.4) is 0 Å². The van der Waals surface area contributed by atoms with Crippen LogP contribution in [0.1, 0.15) is 52.9 Å². The highest BCUT2D eigenvalue weighted by Gasteiger charge is 1.75. The maximum Gasteiger partial charge on any atom is -0.00773 e. The van der Waals surface area contributed by atoms with Crippen molar-refractivity contribution >= 4 is 0 Å². The van der Waals surface area contributed by atoms with E-state index >= 15 is 0 Å². The Balaban J connectivity index is 0. The van der Waals surface area contributed by atoms with Gasteiger partial charge in [0.05, 0.1) is 0 Å². The van der Waals surface area contributed by atoms with Crippen LogP contribution in [0.5, 0.6) is 0 Å². The topological polar surface area (TPSA) is 26.0 Å². The van der Waals surface area contributed by atoms with Gasteiger partial charge in [-0.1, -0.05) is 46.5 Å². The minimum Gasteiger partial charge on any atom is -0.330 e. The monoisotopic (exact) mass is 145 g/mol. The van der Waals surface area contributed by atoms with Crippen LogP contribution in [0, 0.1) is 0 Å². The van der Waals surface area contributed by atoms with Gasteiger partial charge in [0, 0.05) is 0 Å². The zero-order valence-electron chi connectivity index (χ0n) is 7.82. The lowest BCUT2D eigenvalue weighted by Crippen LogP contribution is -1.96. The maximum atomic E-state index is 5.21. The minimum atomic E-state index is 0.855. The van der Waals surface area contributed by atoms with E-state index in [4.69, 9.17) is 5.73 Å². The summed E-state index contributed by atoms with van der Waals surface area (Å²) in [4.78, 5) is 0. The average molecular weight is 145 g/mol. The van der Waals surface area contributed by atoms with E-state index in [2.05, 4.69) is 20.8 Å². The van der Waals surface area contributed by atoms with Crippen LogP contribution < -0.4 is 5.73 Å². The zero-order valence-corrected chi connectivity index (χ0v) is 7.82. The van der Waals surface area contributed by atoms with Crippen LogP contribution in [0.2, 0.25) is 0 Å². The lowest BCUT2D eigenvalue weighted by atomic mass is 10.3. The van der Waals surface area contributed by atoms with Crippen molar-refractivity contribution in [3.8, 4) is 0 Å². The molecule has 0 saturated carbocycles. The summed E-state index contributed by atoms with van der Waals surface area (Å²) in [6, 6.07) is 0. The molecule has 0 unspecified atom stereocenters. The summed E-state index contributed by atoms with van der Waals surface area (Å²) < 4.78 is 0. The van der Waals surface area contributed by atoms with Crippen LogP contribution in [-0.4, -0.2) is 6.54 Å². The predicted octanol–water partition coefficient (Wildman–Crippen LogP) is 2.94. The average Bonchev–Trinajstić information content (AvgIpc) is 2.01. The molecule has 1 nitrogen and oxygen atoms in total. The molecule has 0 aliphatic rings. The summed E-state index contributed by atoms with van der Waals surface area (Å²) >= 11 is 0. The molecule has 2 N–H and O–H groups in total. The van der Waals surface area contributed by atoms with E-state index in [1.54, 1.807) is 0 Å². The zero-order chi connectivity index (χ0) is 8.24. The second-order valence-electron chi connectivity index (χ2n) is 2.50. The molecule has 0 aliphatic heterocycles. The molecule has 0 fully saturated rings. The highest BCUT2D eigenvalue weighted by molar-refractivity contribution is 4.34. The van der Waals surface area contributed by atoms with E-state index in [1.807, 2.05) is 0 Å². The Morgan fingerprint density at radius 2 is 1.30 bits per heavy atom. The van der Waals surface area contributed by atoms with Gasteiger partial charge < -0.3 is 5.73 Å². The maximum absolute atomic E-state index is 5.21. The normalized spacial score (nSPS) is 8.40. The summed E-state index contributed by atoms with van der Waals surface area (Å²) in [6.07, 6.45) is 6.39. The van der Waals surface area contributed by atoms with Crippen LogP contribution in [-0.2, 0) is 0 Å². The molecule has 0 spiro atoms. The predicted molar refractivity (Wildman–Crippen MR) is 49.2 cm³/mol. The molecule has 0 amide bonds. The Kier molecular flexibility index (Phi) is 20.2. The highest BCUT2D eigenvalue weighted by atomic mass is 14.5. The third-order valence-corrected chi connectivity index (χ3v) is 1.31. The lowest BCUT2D eigenvalue weighted by Gasteiger charge is -1.86. The number of hydrogen-bond donors (Lipinski definition) is 1. The number of unbranched alkanes of at least 4 members (excludes halogenated alkanes) is 3. The molecule has 0 atom stereocenters. The Labute approximate surface area is 66.0 Å². The molecule has 0 heterocycles. The van der Waals surface area contributed by atoms with Crippen molar-refractivity contribution in [1.82, 2.24) is 0 Å². The van der Waals surface area contributed by atoms with Gasteiger partial charge in [-0.15, -0.1) is 0 Å². The summed E-state index contributed by atoms with van der Waals surface area (Å²) in [6.45, 7) is 7.39. The number of hydrogen-bond acceptors (Lipinski definition) is 1. The molecule has 1 heteroatoms. The van der Waals surface area contributed by atoms with Crippen LogP contribution >= 0.6 is 0 Å². The summed E-state index contributed by atoms with van der Waals surface area (Å²) in [7, 11) is 0. The first-order valence-electron chi connectivity index (χ1n) is 4.53. The molecule has 0 aromatic rings. The SMILES string of the molecule is CCCC.CCCCCN. The number of rotatable bonds is 4. The van der Waals surface area contributed by atoms with Crippen molar-refractivity contribution in [2.75, 3.05) is 6.54 Å². The van der Waals surface area contributed by atoms with Crippen molar-refractivity contribution < 1.29 is 0 Å². The van der Waals surface area contributed by atoms with Gasteiger partial charge in [-0.3, -0.25) is 0 Å². The van der Waals surface area contributed by atoms with E-state index in [1.165, 1.54) is 32.1 Å². The van der Waals surface area contributed by atoms with E-state index in [0.29, 0.717) is 0 Å². The molecule has 0 aromatic carbocycles. The molecule has 10 heavy (non-hydrogen) atoms. The molecule has 0 bridgehead atoms. The van der Waals surface area contributed by atoms with Crippen molar-refractivity contribution in [2.24, 2.45) is 5.73 Å². The second kappa shape index (κ2) is 16.0. The Hall–Kier alpha value is -0.0400. The van der Waals surface area contributed by atoms with E-state index in [9.17, 15) is 0 Å². The standard InChI is InChI=1S/C5H13N.C4H10/c1-2-3-4-5-6;1-3-4-2/h2-6H2,1H3;3-4H2,1-2H3. The first-order valence-corrected chi connectivity index (χ1v) is 4.53. The Bertz CT molecular complexity index is 29.7. The molecule has 64 valence electrons. The molecular weight excluding hydrogens is 122 g/mol. The third-order valence-electron chi connectivity index (χ3n) is 1.31. The molecule has 0 aromatic heterocycles. The summed E-state index contributed by atoms with van der Waals surface area (Å²) in [5.41, 5.74) is 5.21. The first kappa shape index (κ1) is 12.6. The van der Waals surface area contributed by atoms with Gasteiger partial charge in [0.1, 0.15) is 0 Å². The first-order chi connectivity index (χ1) is 4.83. The fourth-order valence-corrected chi connectivity index (χ4v) is 0.394. The summed E-state index contributed by atoms with van der Waals surface area (Å²) in [5, 5.41) is 0. The third kappa shape index (κ3) is 24.6. The van der Waals surface area contributed by atoms with E-state index in [0.717, 1.165) is 6.54 Å². The second-order valence-corrected chi connectivity index (χ2v) is 2.50. The molecule has 0 radical (unpaired) electrons. The molecule has 0 rings (SSSR count). The molecule has 0 saturated heterocycles. The van der Waals surface area contributed by atoms with Crippen molar-refractivity contribution in [3.05, 3.63) is 0 Å². The van der Waals surface area contributed by atoms with E-state index < -0.39 is 0 Å². The van der Waals surface area contributed by atoms with Crippen molar-refractivity contribution in [2.45, 2.75) is 52.9 Å². The van der Waals surface area contributed by atoms with Gasteiger partial charge in [-0.25, -0.2) is 0 Å². The van der Waals surface area contributed by atoms with Gasteiger partial charge in [0.2, 0.25) is 0 Å². The van der Waals surface area contributed by atoms with Crippen LogP contribution in [0.4, 0.5) is 0 Å². The fourth-order valence-electron chi connectivity index (χ4n) is 0.394. The number of nitrogens with two attached hydrogens (primary N) is 1. The lowest BCUT2D eigenvalue weighted by molar-refractivity contribution is 0.727. The van der Waals surface area contributed by atoms with E-state index in [-0.39, 0.29) is 0 Å². The minimum absolute atomic E-state index is 0.855. The Morgan fingerprint density at radius 3 is 1.40 bits per heavy atom. The smallest absolute Gasteiger partial charge is 0.00773 e. The van der Waals surface area contributed by atoms with Gasteiger partial charge in [0.25, 0.3) is 0 Å². The van der Waals surface area contributed by atoms with Gasteiger partial charge in [-0.05, 0) is 13.0 Å². The fraction of sp³-hybridized carbons (Fsp3) is 1.00. The molecular formula is C9H23N. The van der Waals surface area contributed by atoms with Crippen LogP contribution in [0.15, 0.2) is 0 Å². The largest absolute Gasteiger partial charge is 0.330 e. The highest BCUT2D eigenvalue weighted by Crippen LogP contribution is 1.88. The van der Waals surface area contributed by atoms with Crippen molar-refractivity contribution in [3.63, 3.8) is 0 Å². The summed E-state index contributed by atoms with van der Waals surface area (Å²) in [5.74, 6) is 0. The van der Waals surface area contributed by atoms with Crippen molar-refractivity contribution in [1.29, 1.82) is 0 Å². The van der Waals surface area contributed by atoms with Gasteiger partial charge in [-0.2, -0.15) is 0 Å². The Morgan fingerprint density at radius 1 is 0.800 bits per heavy atom. The van der Waals surface area contributed by atoms with Crippen LogP contribution in [0.25, 0.3) is 0 Å². The van der Waals surface area contributed by atoms with Gasteiger partial charge in [0.15, 0.2) is 0 Å². The molecule has 0 aliphatic carbocycles. The quantitative estimate of drug-likeness (QED) is 0.605. The van der Waals surface area contributed by atoms with Gasteiger partial charge >= 0.3 is 0 Å².